The second-order valence-electron chi connectivity index (χ2n) is 3.94. The number of para-hydroxylation sites is 1. The van der Waals surface area contributed by atoms with E-state index in [1.165, 1.54) is 0 Å². The zero-order valence-corrected chi connectivity index (χ0v) is 10.0. The molecule has 0 bridgehead atoms. The van der Waals surface area contributed by atoms with Crippen molar-refractivity contribution >= 4 is 0 Å². The van der Waals surface area contributed by atoms with Crippen LogP contribution >= 0.6 is 0 Å². The van der Waals surface area contributed by atoms with Gasteiger partial charge in [-0.25, -0.2) is 0 Å². The number of ether oxygens (including phenoxy) is 1. The summed E-state index contributed by atoms with van der Waals surface area (Å²) in [7, 11) is 1.64. The van der Waals surface area contributed by atoms with E-state index in [0.29, 0.717) is 6.54 Å². The molecule has 0 N–H and O–H groups in total. The van der Waals surface area contributed by atoms with Crippen molar-refractivity contribution in [2.24, 2.45) is 0 Å². The number of aryl methyl sites for hydroxylation is 1. The van der Waals surface area contributed by atoms with Crippen molar-refractivity contribution in [3.63, 3.8) is 0 Å². The number of aromatic nitrogens is 1. The van der Waals surface area contributed by atoms with Crippen molar-refractivity contribution in [3.8, 4) is 5.75 Å². The molecule has 0 aliphatic carbocycles. The van der Waals surface area contributed by atoms with Crippen molar-refractivity contribution < 1.29 is 4.74 Å². The van der Waals surface area contributed by atoms with E-state index in [4.69, 9.17) is 4.74 Å². The van der Waals surface area contributed by atoms with Gasteiger partial charge in [0.25, 0.3) is 5.56 Å². The molecule has 2 rings (SSSR count). The fourth-order valence-corrected chi connectivity index (χ4v) is 1.80. The zero-order chi connectivity index (χ0) is 12.3. The number of hydrogen-bond donors (Lipinski definition) is 0. The van der Waals surface area contributed by atoms with Gasteiger partial charge in [-0.05, 0) is 19.1 Å². The zero-order valence-electron chi connectivity index (χ0n) is 10.0. The van der Waals surface area contributed by atoms with Gasteiger partial charge < -0.3 is 9.30 Å². The van der Waals surface area contributed by atoms with E-state index in [9.17, 15) is 4.79 Å². The van der Waals surface area contributed by atoms with E-state index in [1.54, 1.807) is 17.9 Å². The Kier molecular flexibility index (Phi) is 3.28. The third kappa shape index (κ3) is 2.38. The van der Waals surface area contributed by atoms with Crippen LogP contribution in [0.5, 0.6) is 5.75 Å². The van der Waals surface area contributed by atoms with Gasteiger partial charge in [0.05, 0.1) is 13.7 Å². The van der Waals surface area contributed by atoms with Crippen LogP contribution in [0.3, 0.4) is 0 Å². The predicted molar refractivity (Wildman–Crippen MR) is 67.5 cm³/mol. The van der Waals surface area contributed by atoms with Crippen molar-refractivity contribution in [1.29, 1.82) is 0 Å². The SMILES string of the molecule is COc1ccccc1Cn1cccc(C)c1=O. The summed E-state index contributed by atoms with van der Waals surface area (Å²) in [5, 5.41) is 0. The molecular weight excluding hydrogens is 214 g/mol. The number of benzene rings is 1. The van der Waals surface area contributed by atoms with Crippen LogP contribution in [0.1, 0.15) is 11.1 Å². The van der Waals surface area contributed by atoms with Gasteiger partial charge >= 0.3 is 0 Å². The first-order chi connectivity index (χ1) is 8.22. The van der Waals surface area contributed by atoms with Crippen molar-refractivity contribution in [3.05, 3.63) is 64.1 Å². The standard InChI is InChI=1S/C14H15NO2/c1-11-6-5-9-15(14(11)16)10-12-7-3-4-8-13(12)17-2/h3-9H,10H2,1-2H3. The molecule has 0 saturated heterocycles. The highest BCUT2D eigenvalue weighted by atomic mass is 16.5. The molecule has 0 unspecified atom stereocenters. The average molecular weight is 229 g/mol. The molecule has 0 fully saturated rings. The molecule has 3 heteroatoms. The number of rotatable bonds is 3. The number of hydrogen-bond acceptors (Lipinski definition) is 2. The minimum absolute atomic E-state index is 0.0402. The highest BCUT2D eigenvalue weighted by Gasteiger charge is 2.04. The smallest absolute Gasteiger partial charge is 0.253 e. The fraction of sp³-hybridized carbons (Fsp3) is 0.214. The molecular formula is C14H15NO2. The number of methoxy groups -OCH3 is 1. The van der Waals surface area contributed by atoms with E-state index in [2.05, 4.69) is 0 Å². The van der Waals surface area contributed by atoms with Crippen LogP contribution in [-0.2, 0) is 6.54 Å². The lowest BCUT2D eigenvalue weighted by Gasteiger charge is -2.10. The third-order valence-electron chi connectivity index (χ3n) is 2.74. The summed E-state index contributed by atoms with van der Waals surface area (Å²) in [6, 6.07) is 11.4. The first kappa shape index (κ1) is 11.5. The Labute approximate surface area is 100 Å². The average Bonchev–Trinajstić information content (AvgIpc) is 2.35. The Hall–Kier alpha value is -2.03. The third-order valence-corrected chi connectivity index (χ3v) is 2.74. The van der Waals surface area contributed by atoms with Crippen LogP contribution in [0, 0.1) is 6.92 Å². The molecule has 0 amide bonds. The topological polar surface area (TPSA) is 31.2 Å². The largest absolute Gasteiger partial charge is 0.496 e. The van der Waals surface area contributed by atoms with E-state index in [1.807, 2.05) is 43.3 Å². The minimum atomic E-state index is 0.0402. The van der Waals surface area contributed by atoms with E-state index < -0.39 is 0 Å². The Morgan fingerprint density at radius 3 is 2.71 bits per heavy atom. The van der Waals surface area contributed by atoms with Crippen molar-refractivity contribution in [2.75, 3.05) is 7.11 Å². The molecule has 88 valence electrons. The van der Waals surface area contributed by atoms with Crippen LogP contribution < -0.4 is 10.3 Å². The predicted octanol–water partition coefficient (Wildman–Crippen LogP) is 2.21. The summed E-state index contributed by atoms with van der Waals surface area (Å²) >= 11 is 0. The summed E-state index contributed by atoms with van der Waals surface area (Å²) in [5.41, 5.74) is 1.79. The Bertz CT molecular complexity index is 572. The Morgan fingerprint density at radius 1 is 1.18 bits per heavy atom. The fourth-order valence-electron chi connectivity index (χ4n) is 1.80. The maximum absolute atomic E-state index is 11.9. The van der Waals surface area contributed by atoms with Gasteiger partial charge in [0, 0.05) is 17.3 Å². The van der Waals surface area contributed by atoms with Crippen LogP contribution in [0.2, 0.25) is 0 Å². The molecule has 2 aromatic rings. The van der Waals surface area contributed by atoms with Gasteiger partial charge in [0.2, 0.25) is 0 Å². The van der Waals surface area contributed by atoms with Crippen LogP contribution in [0.4, 0.5) is 0 Å². The second-order valence-corrected chi connectivity index (χ2v) is 3.94. The maximum atomic E-state index is 11.9. The minimum Gasteiger partial charge on any atom is -0.496 e. The Balaban J connectivity index is 2.38. The highest BCUT2D eigenvalue weighted by molar-refractivity contribution is 5.33. The molecule has 3 nitrogen and oxygen atoms in total. The molecule has 0 atom stereocenters. The molecule has 0 aliphatic rings. The summed E-state index contributed by atoms with van der Waals surface area (Å²) in [6.45, 7) is 2.35. The van der Waals surface area contributed by atoms with Gasteiger partial charge in [-0.1, -0.05) is 24.3 Å². The summed E-state index contributed by atoms with van der Waals surface area (Å²) in [5.74, 6) is 0.806. The summed E-state index contributed by atoms with van der Waals surface area (Å²) in [4.78, 5) is 11.9. The van der Waals surface area contributed by atoms with E-state index in [-0.39, 0.29) is 5.56 Å². The van der Waals surface area contributed by atoms with E-state index >= 15 is 0 Å². The molecule has 0 spiro atoms. The van der Waals surface area contributed by atoms with Gasteiger partial charge in [-0.3, -0.25) is 4.79 Å². The van der Waals surface area contributed by atoms with Crippen LogP contribution in [0.25, 0.3) is 0 Å². The summed E-state index contributed by atoms with van der Waals surface area (Å²) < 4.78 is 6.96. The molecule has 1 heterocycles. The molecule has 17 heavy (non-hydrogen) atoms. The van der Waals surface area contributed by atoms with Gasteiger partial charge in [-0.15, -0.1) is 0 Å². The second kappa shape index (κ2) is 4.87. The monoisotopic (exact) mass is 229 g/mol. The van der Waals surface area contributed by atoms with Crippen molar-refractivity contribution in [2.45, 2.75) is 13.5 Å². The number of pyridine rings is 1. The number of nitrogens with zero attached hydrogens (tertiary/aromatic N) is 1. The van der Waals surface area contributed by atoms with E-state index in [0.717, 1.165) is 16.9 Å². The Morgan fingerprint density at radius 2 is 1.94 bits per heavy atom. The molecule has 0 radical (unpaired) electrons. The molecule has 0 saturated carbocycles. The van der Waals surface area contributed by atoms with Gasteiger partial charge in [0.1, 0.15) is 5.75 Å². The van der Waals surface area contributed by atoms with Crippen LogP contribution in [-0.4, -0.2) is 11.7 Å². The first-order valence-corrected chi connectivity index (χ1v) is 5.50. The molecule has 0 aliphatic heterocycles. The highest BCUT2D eigenvalue weighted by Crippen LogP contribution is 2.17. The maximum Gasteiger partial charge on any atom is 0.253 e. The molecule has 1 aromatic heterocycles. The lowest BCUT2D eigenvalue weighted by molar-refractivity contribution is 0.408. The van der Waals surface area contributed by atoms with Gasteiger partial charge in [0.15, 0.2) is 0 Å². The van der Waals surface area contributed by atoms with Gasteiger partial charge in [-0.2, -0.15) is 0 Å². The van der Waals surface area contributed by atoms with Crippen LogP contribution in [0.15, 0.2) is 47.4 Å². The quantitative estimate of drug-likeness (QED) is 0.808. The lowest BCUT2D eigenvalue weighted by atomic mass is 10.2. The first-order valence-electron chi connectivity index (χ1n) is 5.50. The summed E-state index contributed by atoms with van der Waals surface area (Å²) in [6.07, 6.45) is 1.79. The normalized spacial score (nSPS) is 10.2. The molecule has 1 aromatic carbocycles. The lowest BCUT2D eigenvalue weighted by Crippen LogP contribution is -2.21. The van der Waals surface area contributed by atoms with Crippen molar-refractivity contribution in [1.82, 2.24) is 4.57 Å².